The van der Waals surface area contributed by atoms with Crippen LogP contribution in [0, 0.1) is 5.92 Å². The predicted molar refractivity (Wildman–Crippen MR) is 101 cm³/mol. The fraction of sp³-hybridized carbons (Fsp3) is 0.273. The Balaban J connectivity index is 1.38. The number of aliphatic hydroxyl groups is 1. The second kappa shape index (κ2) is 7.00. The Hall–Kier alpha value is -2.92. The number of rotatable bonds is 5. The molecule has 1 aromatic heterocycles. The van der Waals surface area contributed by atoms with Crippen LogP contribution in [-0.4, -0.2) is 23.2 Å². The van der Waals surface area contributed by atoms with E-state index in [9.17, 15) is 9.90 Å². The zero-order valence-corrected chi connectivity index (χ0v) is 15.1. The van der Waals surface area contributed by atoms with Crippen LogP contribution in [-0.2, 0) is 21.7 Å². The first kappa shape index (κ1) is 17.5. The largest absolute Gasteiger partial charge is 0.489 e. The van der Waals surface area contributed by atoms with E-state index in [2.05, 4.69) is 11.1 Å². The number of aromatic nitrogens is 1. The number of carbonyl (C=O) groups is 1. The Morgan fingerprint density at radius 2 is 1.93 bits per heavy atom. The number of fused-ring (bicyclic) bond motifs is 1. The number of pyridine rings is 1. The first-order chi connectivity index (χ1) is 13.1. The summed E-state index contributed by atoms with van der Waals surface area (Å²) in [6.45, 7) is 0.465. The summed E-state index contributed by atoms with van der Waals surface area (Å²) in [5, 5.41) is 12.9. The van der Waals surface area contributed by atoms with Crippen molar-refractivity contribution in [1.29, 1.82) is 0 Å². The fourth-order valence-corrected chi connectivity index (χ4v) is 3.58. The molecule has 2 aromatic carbocycles. The molecule has 0 radical (unpaired) electrons. The van der Waals surface area contributed by atoms with Gasteiger partial charge >= 0.3 is 5.97 Å². The van der Waals surface area contributed by atoms with Gasteiger partial charge in [0.2, 0.25) is 0 Å². The third kappa shape index (κ3) is 3.51. The summed E-state index contributed by atoms with van der Waals surface area (Å²) in [7, 11) is 1.37. The van der Waals surface area contributed by atoms with Crippen molar-refractivity contribution >= 4 is 16.7 Å². The van der Waals surface area contributed by atoms with Gasteiger partial charge in [-0.1, -0.05) is 24.3 Å². The maximum Gasteiger partial charge on any atom is 0.308 e. The van der Waals surface area contributed by atoms with Gasteiger partial charge in [0.15, 0.2) is 0 Å². The number of ether oxygens (including phenoxy) is 2. The van der Waals surface area contributed by atoms with E-state index in [1.807, 2.05) is 48.7 Å². The third-order valence-electron chi connectivity index (χ3n) is 5.20. The van der Waals surface area contributed by atoms with Crippen molar-refractivity contribution in [2.24, 2.45) is 5.92 Å². The molecule has 5 heteroatoms. The molecule has 0 atom stereocenters. The maximum absolute atomic E-state index is 11.5. The van der Waals surface area contributed by atoms with Crippen molar-refractivity contribution < 1.29 is 19.4 Å². The summed E-state index contributed by atoms with van der Waals surface area (Å²) < 4.78 is 10.6. The molecule has 1 fully saturated rings. The highest BCUT2D eigenvalue weighted by atomic mass is 16.5. The average Bonchev–Trinajstić information content (AvgIpc) is 2.69. The van der Waals surface area contributed by atoms with Crippen LogP contribution in [0.15, 0.2) is 60.9 Å². The number of methoxy groups -OCH3 is 1. The smallest absolute Gasteiger partial charge is 0.308 e. The van der Waals surface area contributed by atoms with Crippen LogP contribution in [0.25, 0.3) is 10.8 Å². The van der Waals surface area contributed by atoms with Gasteiger partial charge in [-0.15, -0.1) is 0 Å². The number of esters is 1. The molecular formula is C22H21NO4. The van der Waals surface area contributed by atoms with Gasteiger partial charge in [0, 0.05) is 17.8 Å². The van der Waals surface area contributed by atoms with Crippen LogP contribution >= 0.6 is 0 Å². The van der Waals surface area contributed by atoms with E-state index in [-0.39, 0.29) is 11.9 Å². The summed E-state index contributed by atoms with van der Waals surface area (Å²) in [6.07, 6.45) is 4.41. The van der Waals surface area contributed by atoms with Crippen molar-refractivity contribution in [3.63, 3.8) is 0 Å². The Morgan fingerprint density at radius 1 is 1.15 bits per heavy atom. The molecule has 1 heterocycles. The molecule has 3 aromatic rings. The van der Waals surface area contributed by atoms with Gasteiger partial charge in [0.1, 0.15) is 12.4 Å². The molecule has 0 saturated heterocycles. The van der Waals surface area contributed by atoms with E-state index >= 15 is 0 Å². The molecule has 1 saturated carbocycles. The summed E-state index contributed by atoms with van der Waals surface area (Å²) in [5.41, 5.74) is 0.925. The molecule has 1 N–H and O–H groups in total. The predicted octanol–water partition coefficient (Wildman–Crippen LogP) is 3.58. The standard InChI is InChI=1S/C22H21NO4/c1-26-21(24)18-11-22(25,12-18)19-4-6-20(7-5-19)27-14-15-2-3-17-13-23-9-8-16(17)10-15/h2-10,13,18,25H,11-12,14H2,1H3. The van der Waals surface area contributed by atoms with E-state index in [0.29, 0.717) is 19.4 Å². The van der Waals surface area contributed by atoms with Crippen LogP contribution in [0.3, 0.4) is 0 Å². The molecule has 0 spiro atoms. The molecule has 0 bridgehead atoms. The summed E-state index contributed by atoms with van der Waals surface area (Å²) >= 11 is 0. The molecule has 1 aliphatic rings. The number of hydrogen-bond acceptors (Lipinski definition) is 5. The van der Waals surface area contributed by atoms with Crippen molar-refractivity contribution in [1.82, 2.24) is 4.98 Å². The maximum atomic E-state index is 11.5. The molecule has 0 unspecified atom stereocenters. The van der Waals surface area contributed by atoms with Crippen molar-refractivity contribution in [2.75, 3.05) is 7.11 Å². The first-order valence-corrected chi connectivity index (χ1v) is 8.94. The SMILES string of the molecule is COC(=O)C1CC(O)(c2ccc(OCc3ccc4cnccc4c3)cc2)C1. The van der Waals surface area contributed by atoms with Crippen molar-refractivity contribution in [3.05, 3.63) is 72.1 Å². The number of benzene rings is 2. The monoisotopic (exact) mass is 363 g/mol. The normalized spacial score (nSPS) is 21.5. The summed E-state index contributed by atoms with van der Waals surface area (Å²) in [6, 6.07) is 15.6. The topological polar surface area (TPSA) is 68.7 Å². The molecular weight excluding hydrogens is 342 g/mol. The summed E-state index contributed by atoms with van der Waals surface area (Å²) in [4.78, 5) is 15.6. The molecule has 5 nitrogen and oxygen atoms in total. The van der Waals surface area contributed by atoms with E-state index in [4.69, 9.17) is 9.47 Å². The minimum Gasteiger partial charge on any atom is -0.489 e. The Labute approximate surface area is 157 Å². The molecule has 0 aliphatic heterocycles. The van der Waals surface area contributed by atoms with Gasteiger partial charge < -0.3 is 14.6 Å². The van der Waals surface area contributed by atoms with Crippen LogP contribution < -0.4 is 4.74 Å². The van der Waals surface area contributed by atoms with Gasteiger partial charge in [-0.05, 0) is 53.6 Å². The quantitative estimate of drug-likeness (QED) is 0.702. The molecule has 4 rings (SSSR count). The van der Waals surface area contributed by atoms with E-state index in [1.54, 1.807) is 6.20 Å². The van der Waals surface area contributed by atoms with Gasteiger partial charge in [-0.25, -0.2) is 0 Å². The lowest BCUT2D eigenvalue weighted by Crippen LogP contribution is -2.44. The fourth-order valence-electron chi connectivity index (χ4n) is 3.58. The minimum atomic E-state index is -0.955. The molecule has 138 valence electrons. The van der Waals surface area contributed by atoms with Crippen LogP contribution in [0.5, 0.6) is 5.75 Å². The van der Waals surface area contributed by atoms with Gasteiger partial charge in [-0.3, -0.25) is 9.78 Å². The van der Waals surface area contributed by atoms with E-state index < -0.39 is 5.60 Å². The second-order valence-corrected chi connectivity index (χ2v) is 7.03. The van der Waals surface area contributed by atoms with E-state index in [0.717, 1.165) is 27.6 Å². The second-order valence-electron chi connectivity index (χ2n) is 7.03. The lowest BCUT2D eigenvalue weighted by molar-refractivity contribution is -0.163. The van der Waals surface area contributed by atoms with Crippen LogP contribution in [0.4, 0.5) is 0 Å². The number of nitrogens with zero attached hydrogens (tertiary/aromatic N) is 1. The lowest BCUT2D eigenvalue weighted by atomic mass is 9.67. The van der Waals surface area contributed by atoms with Crippen molar-refractivity contribution in [3.8, 4) is 5.75 Å². The summed E-state index contributed by atoms with van der Waals surface area (Å²) in [5.74, 6) is 0.255. The molecule has 27 heavy (non-hydrogen) atoms. The first-order valence-electron chi connectivity index (χ1n) is 8.94. The Kier molecular flexibility index (Phi) is 4.54. The number of carbonyl (C=O) groups excluding carboxylic acids is 1. The Morgan fingerprint density at radius 3 is 2.67 bits per heavy atom. The highest BCUT2D eigenvalue weighted by Crippen LogP contribution is 2.46. The van der Waals surface area contributed by atoms with Gasteiger partial charge in [0.25, 0.3) is 0 Å². The van der Waals surface area contributed by atoms with Crippen LogP contribution in [0.1, 0.15) is 24.0 Å². The molecule has 0 amide bonds. The zero-order valence-electron chi connectivity index (χ0n) is 15.1. The van der Waals surface area contributed by atoms with Crippen LogP contribution in [0.2, 0.25) is 0 Å². The Bertz CT molecular complexity index is 961. The van der Waals surface area contributed by atoms with Crippen molar-refractivity contribution in [2.45, 2.75) is 25.0 Å². The highest BCUT2D eigenvalue weighted by molar-refractivity contribution is 5.82. The number of hydrogen-bond donors (Lipinski definition) is 1. The minimum absolute atomic E-state index is 0.223. The van der Waals surface area contributed by atoms with E-state index in [1.165, 1.54) is 7.11 Å². The average molecular weight is 363 g/mol. The zero-order chi connectivity index (χ0) is 18.9. The molecule has 1 aliphatic carbocycles. The van der Waals surface area contributed by atoms with Gasteiger partial charge in [-0.2, -0.15) is 0 Å². The highest BCUT2D eigenvalue weighted by Gasteiger charge is 2.47. The lowest BCUT2D eigenvalue weighted by Gasteiger charge is -2.42. The van der Waals surface area contributed by atoms with Gasteiger partial charge in [0.05, 0.1) is 18.6 Å². The third-order valence-corrected chi connectivity index (χ3v) is 5.20.